The Hall–Kier alpha value is -1.89. The van der Waals surface area contributed by atoms with Crippen molar-refractivity contribution in [3.8, 4) is 11.1 Å². The summed E-state index contributed by atoms with van der Waals surface area (Å²) in [5.74, 6) is 0. The quantitative estimate of drug-likeness (QED) is 0.634. The Labute approximate surface area is 83.5 Å². The molecule has 0 spiro atoms. The second kappa shape index (κ2) is 3.88. The topological polar surface area (TPSA) is 22.3 Å². The summed E-state index contributed by atoms with van der Waals surface area (Å²) in [6, 6.07) is 17.9. The zero-order valence-corrected chi connectivity index (χ0v) is 7.72. The van der Waals surface area contributed by atoms with E-state index in [1.165, 1.54) is 5.56 Å². The molecule has 0 atom stereocenters. The molecule has 0 unspecified atom stereocenters. The average Bonchev–Trinajstić information content (AvgIpc) is 2.30. The van der Waals surface area contributed by atoms with E-state index >= 15 is 0 Å². The fraction of sp³-hybridized carbons (Fsp3) is 0. The summed E-state index contributed by atoms with van der Waals surface area (Å²) in [7, 11) is 0. The zero-order chi connectivity index (χ0) is 9.80. The van der Waals surface area contributed by atoms with Crippen molar-refractivity contribution in [3.63, 3.8) is 0 Å². The molecule has 0 saturated carbocycles. The van der Waals surface area contributed by atoms with Gasteiger partial charge in [-0.25, -0.2) is 0 Å². The maximum absolute atomic E-state index is 8.77. The van der Waals surface area contributed by atoms with Crippen LogP contribution in [0.25, 0.3) is 11.1 Å². The summed E-state index contributed by atoms with van der Waals surface area (Å²) in [5.41, 5.74) is 3.18. The molecule has 0 aliphatic rings. The van der Waals surface area contributed by atoms with Gasteiger partial charge in [-0.05, 0) is 16.7 Å². The minimum absolute atomic E-state index is 0.824. The maximum Gasteiger partial charge on any atom is 0.0568 e. The van der Waals surface area contributed by atoms with E-state index in [1.807, 2.05) is 42.5 Å². The molecule has 0 heterocycles. The lowest BCUT2D eigenvalue weighted by molar-refractivity contribution is 1.60. The van der Waals surface area contributed by atoms with Gasteiger partial charge in [0.15, 0.2) is 0 Å². The molecule has 0 saturated heterocycles. The van der Waals surface area contributed by atoms with Crippen LogP contribution in [0.5, 0.6) is 0 Å². The Morgan fingerprint density at radius 2 is 1.29 bits per heavy atom. The Morgan fingerprint density at radius 1 is 0.714 bits per heavy atom. The molecule has 67 valence electrons. The zero-order valence-electron chi connectivity index (χ0n) is 7.72. The number of rotatable bonds is 2. The van der Waals surface area contributed by atoms with Crippen LogP contribution in [0, 0.1) is 0 Å². The van der Waals surface area contributed by atoms with Crippen LogP contribution >= 0.6 is 0 Å². The van der Waals surface area contributed by atoms with E-state index in [4.69, 9.17) is 5.41 Å². The van der Waals surface area contributed by atoms with Gasteiger partial charge in [0.2, 0.25) is 0 Å². The molecule has 2 aromatic carbocycles. The summed E-state index contributed by atoms with van der Waals surface area (Å²) in [6.45, 7) is 0. The van der Waals surface area contributed by atoms with E-state index in [2.05, 4.69) is 12.1 Å². The van der Waals surface area contributed by atoms with E-state index in [1.54, 1.807) is 0 Å². The van der Waals surface area contributed by atoms with Crippen LogP contribution < -0.4 is 5.41 Å². The second-order valence-electron chi connectivity index (χ2n) is 3.12. The predicted octanol–water partition coefficient (Wildman–Crippen LogP) is 2.57. The SMILES string of the molecule is [N]=Cc1ccc(-c2ccccc2)cc1. The van der Waals surface area contributed by atoms with Crippen LogP contribution in [0.1, 0.15) is 5.56 Å². The predicted molar refractivity (Wildman–Crippen MR) is 59.2 cm³/mol. The van der Waals surface area contributed by atoms with Crippen molar-refractivity contribution < 1.29 is 0 Å². The summed E-state index contributed by atoms with van der Waals surface area (Å²) in [5, 5.41) is 8.77. The number of nitrogens with zero attached hydrogens (tertiary/aromatic N) is 1. The van der Waals surface area contributed by atoms with Crippen LogP contribution in [0.3, 0.4) is 0 Å². The third-order valence-corrected chi connectivity index (χ3v) is 2.17. The Morgan fingerprint density at radius 3 is 1.86 bits per heavy atom. The van der Waals surface area contributed by atoms with Crippen molar-refractivity contribution in [1.29, 1.82) is 0 Å². The van der Waals surface area contributed by atoms with Gasteiger partial charge in [-0.15, -0.1) is 0 Å². The highest BCUT2D eigenvalue weighted by molar-refractivity contribution is 5.79. The van der Waals surface area contributed by atoms with Gasteiger partial charge < -0.3 is 0 Å². The molecular formula is C13H10N. The standard InChI is InChI=1S/C13H10N/c14-10-11-6-8-13(9-7-11)12-4-2-1-3-5-12/h1-10H. The maximum atomic E-state index is 8.77. The minimum Gasteiger partial charge on any atom is -0.159 e. The normalized spacial score (nSPS) is 9.71. The first-order valence-electron chi connectivity index (χ1n) is 4.53. The Balaban J connectivity index is 2.39. The number of hydrogen-bond acceptors (Lipinski definition) is 0. The van der Waals surface area contributed by atoms with Gasteiger partial charge >= 0.3 is 0 Å². The Kier molecular flexibility index (Phi) is 2.41. The molecular weight excluding hydrogens is 170 g/mol. The highest BCUT2D eigenvalue weighted by atomic mass is 14.3. The smallest absolute Gasteiger partial charge is 0.0568 e. The Bertz CT molecular complexity index is 415. The van der Waals surface area contributed by atoms with Crippen molar-refractivity contribution in [2.75, 3.05) is 0 Å². The molecule has 1 radical (unpaired) electrons. The monoisotopic (exact) mass is 180 g/mol. The van der Waals surface area contributed by atoms with E-state index in [-0.39, 0.29) is 0 Å². The molecule has 1 heteroatoms. The van der Waals surface area contributed by atoms with Gasteiger partial charge in [0.05, 0.1) is 6.21 Å². The van der Waals surface area contributed by atoms with E-state index < -0.39 is 0 Å². The summed E-state index contributed by atoms with van der Waals surface area (Å²) in [4.78, 5) is 0. The lowest BCUT2D eigenvalue weighted by atomic mass is 10.0. The highest BCUT2D eigenvalue weighted by Crippen LogP contribution is 2.18. The first-order valence-corrected chi connectivity index (χ1v) is 4.53. The largest absolute Gasteiger partial charge is 0.159 e. The fourth-order valence-corrected chi connectivity index (χ4v) is 1.39. The molecule has 0 N–H and O–H groups in total. The second-order valence-corrected chi connectivity index (χ2v) is 3.12. The lowest BCUT2D eigenvalue weighted by Gasteiger charge is -2.00. The molecule has 1 nitrogen and oxygen atoms in total. The van der Waals surface area contributed by atoms with Gasteiger partial charge in [-0.2, -0.15) is 5.41 Å². The van der Waals surface area contributed by atoms with Crippen LogP contribution in [-0.2, 0) is 0 Å². The van der Waals surface area contributed by atoms with Gasteiger partial charge in [-0.1, -0.05) is 54.6 Å². The van der Waals surface area contributed by atoms with Gasteiger partial charge in [-0.3, -0.25) is 0 Å². The third kappa shape index (κ3) is 1.72. The van der Waals surface area contributed by atoms with Crippen molar-refractivity contribution in [3.05, 3.63) is 60.2 Å². The first-order chi connectivity index (χ1) is 6.90. The summed E-state index contributed by atoms with van der Waals surface area (Å²) >= 11 is 0. The fourth-order valence-electron chi connectivity index (χ4n) is 1.39. The van der Waals surface area contributed by atoms with Gasteiger partial charge in [0.25, 0.3) is 0 Å². The molecule has 0 fully saturated rings. The molecule has 0 bridgehead atoms. The van der Waals surface area contributed by atoms with Crippen LogP contribution in [-0.4, -0.2) is 6.21 Å². The number of benzene rings is 2. The summed E-state index contributed by atoms with van der Waals surface area (Å²) < 4.78 is 0. The van der Waals surface area contributed by atoms with Crippen molar-refractivity contribution in [1.82, 2.24) is 5.41 Å². The molecule has 0 aliphatic heterocycles. The molecule has 2 aromatic rings. The van der Waals surface area contributed by atoms with E-state index in [0.717, 1.165) is 17.3 Å². The molecule has 0 aromatic heterocycles. The van der Waals surface area contributed by atoms with Gasteiger partial charge in [0, 0.05) is 0 Å². The van der Waals surface area contributed by atoms with Crippen LogP contribution in [0.2, 0.25) is 0 Å². The summed E-state index contributed by atoms with van der Waals surface area (Å²) in [6.07, 6.45) is 1.11. The van der Waals surface area contributed by atoms with E-state index in [9.17, 15) is 0 Å². The first kappa shape index (κ1) is 8.70. The molecule has 0 aliphatic carbocycles. The van der Waals surface area contributed by atoms with Crippen LogP contribution in [0.15, 0.2) is 54.6 Å². The van der Waals surface area contributed by atoms with Crippen molar-refractivity contribution >= 4 is 6.21 Å². The highest BCUT2D eigenvalue weighted by Gasteiger charge is 1.95. The van der Waals surface area contributed by atoms with Crippen molar-refractivity contribution in [2.45, 2.75) is 0 Å². The lowest BCUT2D eigenvalue weighted by Crippen LogP contribution is -1.81. The molecule has 14 heavy (non-hydrogen) atoms. The van der Waals surface area contributed by atoms with E-state index in [0.29, 0.717) is 0 Å². The average molecular weight is 180 g/mol. The molecule has 2 rings (SSSR count). The van der Waals surface area contributed by atoms with Crippen LogP contribution in [0.4, 0.5) is 0 Å². The minimum atomic E-state index is 0.824. The molecule has 0 amide bonds. The van der Waals surface area contributed by atoms with Crippen molar-refractivity contribution in [2.24, 2.45) is 0 Å². The number of hydrogen-bond donors (Lipinski definition) is 0. The third-order valence-electron chi connectivity index (χ3n) is 2.17. The van der Waals surface area contributed by atoms with Gasteiger partial charge in [0.1, 0.15) is 0 Å².